The number of nitrogens with zero attached hydrogens (tertiary/aromatic N) is 2. The van der Waals surface area contributed by atoms with Crippen molar-refractivity contribution in [3.05, 3.63) is 23.9 Å². The Balaban J connectivity index is 1.89. The molecule has 21 heavy (non-hydrogen) atoms. The van der Waals surface area contributed by atoms with Crippen molar-refractivity contribution in [2.45, 2.75) is 60.0 Å². The SMILES string of the molecule is CC(C)NCc1ccc(N2CCC(C(C)(C)C)CC2)nc1. The van der Waals surface area contributed by atoms with E-state index in [-0.39, 0.29) is 0 Å². The number of hydrogen-bond donors (Lipinski definition) is 1. The van der Waals surface area contributed by atoms with Gasteiger partial charge in [-0.1, -0.05) is 40.7 Å². The molecule has 0 atom stereocenters. The summed E-state index contributed by atoms with van der Waals surface area (Å²) in [5.74, 6) is 1.97. The van der Waals surface area contributed by atoms with Crippen LogP contribution in [-0.2, 0) is 6.54 Å². The third-order valence-electron chi connectivity index (χ3n) is 4.57. The fraction of sp³-hybridized carbons (Fsp3) is 0.722. The van der Waals surface area contributed by atoms with Crippen LogP contribution in [0.15, 0.2) is 18.3 Å². The van der Waals surface area contributed by atoms with Crippen molar-refractivity contribution in [1.82, 2.24) is 10.3 Å². The minimum absolute atomic E-state index is 0.436. The third kappa shape index (κ3) is 4.70. The van der Waals surface area contributed by atoms with E-state index in [1.54, 1.807) is 0 Å². The van der Waals surface area contributed by atoms with Gasteiger partial charge in [-0.25, -0.2) is 4.98 Å². The molecule has 0 saturated carbocycles. The maximum Gasteiger partial charge on any atom is 0.128 e. The van der Waals surface area contributed by atoms with Crippen LogP contribution in [0.3, 0.4) is 0 Å². The van der Waals surface area contributed by atoms with Gasteiger partial charge in [0.2, 0.25) is 0 Å². The molecule has 3 nitrogen and oxygen atoms in total. The monoisotopic (exact) mass is 289 g/mol. The Morgan fingerprint density at radius 1 is 1.24 bits per heavy atom. The second kappa shape index (κ2) is 6.78. The van der Waals surface area contributed by atoms with Crippen LogP contribution in [0, 0.1) is 11.3 Å². The standard InChI is InChI=1S/C18H31N3/c1-14(2)19-12-15-6-7-17(20-13-15)21-10-8-16(9-11-21)18(3,4)5/h6-7,13-14,16,19H,8-12H2,1-5H3. The molecular formula is C18H31N3. The molecular weight excluding hydrogens is 258 g/mol. The van der Waals surface area contributed by atoms with Gasteiger partial charge in [0.15, 0.2) is 0 Å². The first-order valence-corrected chi connectivity index (χ1v) is 8.29. The van der Waals surface area contributed by atoms with Crippen molar-refractivity contribution in [2.24, 2.45) is 11.3 Å². The van der Waals surface area contributed by atoms with E-state index in [1.165, 1.54) is 18.4 Å². The summed E-state index contributed by atoms with van der Waals surface area (Å²) in [6, 6.07) is 4.89. The Morgan fingerprint density at radius 2 is 1.90 bits per heavy atom. The van der Waals surface area contributed by atoms with E-state index in [4.69, 9.17) is 0 Å². The van der Waals surface area contributed by atoms with Gasteiger partial charge in [-0.2, -0.15) is 0 Å². The fourth-order valence-corrected chi connectivity index (χ4v) is 3.00. The lowest BCUT2D eigenvalue weighted by Crippen LogP contribution is -2.38. The van der Waals surface area contributed by atoms with Gasteiger partial charge in [-0.05, 0) is 35.8 Å². The van der Waals surface area contributed by atoms with Crippen molar-refractivity contribution in [1.29, 1.82) is 0 Å². The predicted molar refractivity (Wildman–Crippen MR) is 90.6 cm³/mol. The molecule has 1 aromatic rings. The molecule has 1 aliphatic heterocycles. The summed E-state index contributed by atoms with van der Waals surface area (Å²) in [5.41, 5.74) is 1.70. The zero-order valence-electron chi connectivity index (χ0n) is 14.3. The lowest BCUT2D eigenvalue weighted by atomic mass is 9.75. The van der Waals surface area contributed by atoms with Crippen LogP contribution in [-0.4, -0.2) is 24.1 Å². The van der Waals surface area contributed by atoms with Crippen LogP contribution in [0.5, 0.6) is 0 Å². The van der Waals surface area contributed by atoms with Gasteiger partial charge in [0.05, 0.1) is 0 Å². The Kier molecular flexibility index (Phi) is 5.26. The van der Waals surface area contributed by atoms with Gasteiger partial charge in [0.25, 0.3) is 0 Å². The van der Waals surface area contributed by atoms with E-state index in [1.807, 2.05) is 6.20 Å². The normalized spacial score (nSPS) is 17.5. The number of hydrogen-bond acceptors (Lipinski definition) is 3. The van der Waals surface area contributed by atoms with Gasteiger partial charge in [-0.15, -0.1) is 0 Å². The van der Waals surface area contributed by atoms with Gasteiger partial charge < -0.3 is 10.2 Å². The van der Waals surface area contributed by atoms with E-state index < -0.39 is 0 Å². The van der Waals surface area contributed by atoms with E-state index >= 15 is 0 Å². The van der Waals surface area contributed by atoms with Gasteiger partial charge >= 0.3 is 0 Å². The highest BCUT2D eigenvalue weighted by Gasteiger charge is 2.29. The largest absolute Gasteiger partial charge is 0.357 e. The number of anilines is 1. The Hall–Kier alpha value is -1.09. The van der Waals surface area contributed by atoms with Crippen LogP contribution in [0.25, 0.3) is 0 Å². The first-order chi connectivity index (χ1) is 9.86. The number of pyridine rings is 1. The molecule has 1 saturated heterocycles. The van der Waals surface area contributed by atoms with Crippen molar-refractivity contribution in [3.63, 3.8) is 0 Å². The summed E-state index contributed by atoms with van der Waals surface area (Å²) in [4.78, 5) is 7.09. The predicted octanol–water partition coefficient (Wildman–Crippen LogP) is 3.84. The Bertz CT molecular complexity index is 423. The fourth-order valence-electron chi connectivity index (χ4n) is 3.00. The average Bonchev–Trinajstić information content (AvgIpc) is 2.45. The lowest BCUT2D eigenvalue weighted by molar-refractivity contribution is 0.198. The smallest absolute Gasteiger partial charge is 0.128 e. The molecule has 0 unspecified atom stereocenters. The van der Waals surface area contributed by atoms with Gasteiger partial charge in [0.1, 0.15) is 5.82 Å². The molecule has 0 bridgehead atoms. The summed E-state index contributed by atoms with van der Waals surface area (Å²) in [5, 5.41) is 3.43. The summed E-state index contributed by atoms with van der Waals surface area (Å²) in [7, 11) is 0. The van der Waals surface area contributed by atoms with Crippen LogP contribution in [0.2, 0.25) is 0 Å². The second-order valence-corrected chi connectivity index (χ2v) is 7.69. The quantitative estimate of drug-likeness (QED) is 0.912. The first kappa shape index (κ1) is 16.3. The van der Waals surface area contributed by atoms with Crippen LogP contribution >= 0.6 is 0 Å². The summed E-state index contributed by atoms with van der Waals surface area (Å²) >= 11 is 0. The first-order valence-electron chi connectivity index (χ1n) is 8.29. The molecule has 0 aliphatic carbocycles. The van der Waals surface area contributed by atoms with Gasteiger partial charge in [-0.3, -0.25) is 0 Å². The number of nitrogens with one attached hydrogen (secondary N) is 1. The van der Waals surface area contributed by atoms with Crippen molar-refractivity contribution >= 4 is 5.82 Å². The molecule has 2 rings (SSSR count). The van der Waals surface area contributed by atoms with E-state index in [9.17, 15) is 0 Å². The molecule has 2 heterocycles. The molecule has 118 valence electrons. The van der Waals surface area contributed by atoms with E-state index in [2.05, 4.69) is 62.0 Å². The van der Waals surface area contributed by atoms with Crippen molar-refractivity contribution in [2.75, 3.05) is 18.0 Å². The van der Waals surface area contributed by atoms with Crippen LogP contribution < -0.4 is 10.2 Å². The average molecular weight is 289 g/mol. The number of rotatable bonds is 4. The van der Waals surface area contributed by atoms with Crippen LogP contribution in [0.1, 0.15) is 53.0 Å². The van der Waals surface area contributed by atoms with E-state index in [0.29, 0.717) is 11.5 Å². The molecule has 0 radical (unpaired) electrons. The molecule has 1 aliphatic rings. The number of aromatic nitrogens is 1. The summed E-state index contributed by atoms with van der Waals surface area (Å²) in [6.45, 7) is 14.6. The zero-order valence-corrected chi connectivity index (χ0v) is 14.3. The molecule has 1 N–H and O–H groups in total. The minimum atomic E-state index is 0.436. The summed E-state index contributed by atoms with van der Waals surface area (Å²) in [6.07, 6.45) is 4.57. The molecule has 1 aromatic heterocycles. The number of piperidine rings is 1. The highest BCUT2D eigenvalue weighted by atomic mass is 15.2. The minimum Gasteiger partial charge on any atom is -0.357 e. The molecule has 0 amide bonds. The highest BCUT2D eigenvalue weighted by Crippen LogP contribution is 2.35. The topological polar surface area (TPSA) is 28.2 Å². The lowest BCUT2D eigenvalue weighted by Gasteiger charge is -2.39. The maximum atomic E-state index is 4.65. The van der Waals surface area contributed by atoms with Crippen LogP contribution in [0.4, 0.5) is 5.82 Å². The maximum absolute atomic E-state index is 4.65. The molecule has 3 heteroatoms. The molecule has 1 fully saturated rings. The van der Waals surface area contributed by atoms with E-state index in [0.717, 1.165) is 31.4 Å². The molecule has 0 aromatic carbocycles. The second-order valence-electron chi connectivity index (χ2n) is 7.69. The van der Waals surface area contributed by atoms with Gasteiger partial charge in [0, 0.05) is 31.9 Å². The highest BCUT2D eigenvalue weighted by molar-refractivity contribution is 5.39. The molecule has 0 spiro atoms. The Morgan fingerprint density at radius 3 is 2.38 bits per heavy atom. The Labute approximate surface area is 130 Å². The van der Waals surface area contributed by atoms with Crippen molar-refractivity contribution < 1.29 is 0 Å². The zero-order chi connectivity index (χ0) is 15.5. The van der Waals surface area contributed by atoms with Crippen molar-refractivity contribution in [3.8, 4) is 0 Å². The summed E-state index contributed by atoms with van der Waals surface area (Å²) < 4.78 is 0. The third-order valence-corrected chi connectivity index (χ3v) is 4.57.